The van der Waals surface area contributed by atoms with Gasteiger partial charge in [0.15, 0.2) is 0 Å². The van der Waals surface area contributed by atoms with Gasteiger partial charge in [0.2, 0.25) is 0 Å². The number of hydrogen-bond acceptors (Lipinski definition) is 1. The molecule has 0 heterocycles. The second kappa shape index (κ2) is 3.05. The molecule has 1 heteroatoms. The Hall–Kier alpha value is -0.820. The van der Waals surface area contributed by atoms with Gasteiger partial charge in [-0.05, 0) is 31.4 Å². The summed E-state index contributed by atoms with van der Waals surface area (Å²) in [6.07, 6.45) is 5.21. The summed E-state index contributed by atoms with van der Waals surface area (Å²) in [4.78, 5) is 0. The first kappa shape index (κ1) is 8.28. The zero-order chi connectivity index (χ0) is 8.43. The molecule has 1 unspecified atom stereocenters. The molecule has 0 aliphatic heterocycles. The fraction of sp³-hybridized carbons (Fsp3) is 0.400. The third-order valence-electron chi connectivity index (χ3n) is 1.94. The zero-order valence-electron chi connectivity index (χ0n) is 7.22. The zero-order valence-corrected chi connectivity index (χ0v) is 7.22. The van der Waals surface area contributed by atoms with Crippen LogP contribution >= 0.6 is 0 Å². The molecule has 0 amide bonds. The number of nitrogens with two attached hydrogens (primary N) is 1. The van der Waals surface area contributed by atoms with Gasteiger partial charge in [-0.25, -0.2) is 0 Å². The van der Waals surface area contributed by atoms with Crippen molar-refractivity contribution in [1.29, 1.82) is 0 Å². The number of allylic oxidation sites excluding steroid dienone is 3. The summed E-state index contributed by atoms with van der Waals surface area (Å²) in [6, 6.07) is 0.207. The van der Waals surface area contributed by atoms with E-state index in [9.17, 15) is 0 Å². The van der Waals surface area contributed by atoms with Crippen LogP contribution in [0.4, 0.5) is 0 Å². The molecule has 1 atom stereocenters. The Morgan fingerprint density at radius 3 is 2.82 bits per heavy atom. The van der Waals surface area contributed by atoms with Gasteiger partial charge in [-0.3, -0.25) is 0 Å². The van der Waals surface area contributed by atoms with Gasteiger partial charge in [0.25, 0.3) is 0 Å². The van der Waals surface area contributed by atoms with Crippen LogP contribution in [0.15, 0.2) is 35.5 Å². The van der Waals surface area contributed by atoms with Crippen molar-refractivity contribution in [2.75, 3.05) is 0 Å². The molecule has 0 fully saturated rings. The minimum atomic E-state index is 0.207. The van der Waals surface area contributed by atoms with Gasteiger partial charge in [-0.1, -0.05) is 24.3 Å². The Bertz CT molecular complexity index is 233. The van der Waals surface area contributed by atoms with Crippen LogP contribution in [-0.2, 0) is 0 Å². The summed E-state index contributed by atoms with van der Waals surface area (Å²) in [5.74, 6) is 0. The predicted molar refractivity (Wildman–Crippen MR) is 49.2 cm³/mol. The van der Waals surface area contributed by atoms with Crippen molar-refractivity contribution in [3.8, 4) is 0 Å². The largest absolute Gasteiger partial charge is 0.324 e. The molecule has 0 saturated heterocycles. The summed E-state index contributed by atoms with van der Waals surface area (Å²) < 4.78 is 0. The van der Waals surface area contributed by atoms with Crippen LogP contribution in [0.5, 0.6) is 0 Å². The predicted octanol–water partition coefficient (Wildman–Crippen LogP) is 2.17. The first-order valence-electron chi connectivity index (χ1n) is 3.91. The van der Waals surface area contributed by atoms with Crippen LogP contribution < -0.4 is 5.73 Å². The number of rotatable bonds is 1. The Kier molecular flexibility index (Phi) is 2.30. The highest BCUT2D eigenvalue weighted by Crippen LogP contribution is 2.22. The first-order chi connectivity index (χ1) is 5.11. The fourth-order valence-corrected chi connectivity index (χ4v) is 1.40. The van der Waals surface area contributed by atoms with E-state index in [1.54, 1.807) is 0 Å². The molecule has 0 radical (unpaired) electrons. The molecule has 0 aromatic heterocycles. The quantitative estimate of drug-likeness (QED) is 0.607. The highest BCUT2D eigenvalue weighted by molar-refractivity contribution is 5.45. The van der Waals surface area contributed by atoms with E-state index in [0.29, 0.717) is 0 Å². The van der Waals surface area contributed by atoms with Crippen LogP contribution in [0, 0.1) is 0 Å². The molecular weight excluding hydrogens is 134 g/mol. The average Bonchev–Trinajstić information content (AvgIpc) is 1.85. The van der Waals surface area contributed by atoms with E-state index < -0.39 is 0 Å². The van der Waals surface area contributed by atoms with Crippen LogP contribution in [0.25, 0.3) is 0 Å². The SMILES string of the molecule is C=C(C)C1=CCC(N)C=C1C. The fourth-order valence-electron chi connectivity index (χ4n) is 1.40. The molecule has 1 aliphatic carbocycles. The Balaban J connectivity index is 2.86. The van der Waals surface area contributed by atoms with Crippen molar-refractivity contribution >= 4 is 0 Å². The van der Waals surface area contributed by atoms with Crippen LogP contribution in [0.2, 0.25) is 0 Å². The Morgan fingerprint density at radius 1 is 1.73 bits per heavy atom. The molecule has 0 spiro atoms. The monoisotopic (exact) mass is 149 g/mol. The smallest absolute Gasteiger partial charge is 0.0264 e. The maximum Gasteiger partial charge on any atom is 0.0264 e. The lowest BCUT2D eigenvalue weighted by Crippen LogP contribution is -2.19. The summed E-state index contributed by atoms with van der Waals surface area (Å²) in [6.45, 7) is 8.01. The van der Waals surface area contributed by atoms with E-state index in [-0.39, 0.29) is 6.04 Å². The topological polar surface area (TPSA) is 26.0 Å². The normalized spacial score (nSPS) is 24.1. The van der Waals surface area contributed by atoms with E-state index in [0.717, 1.165) is 12.0 Å². The average molecular weight is 149 g/mol. The molecule has 60 valence electrons. The highest BCUT2D eigenvalue weighted by atomic mass is 14.6. The summed E-state index contributed by atoms with van der Waals surface area (Å²) in [5, 5.41) is 0. The van der Waals surface area contributed by atoms with Crippen LogP contribution in [-0.4, -0.2) is 6.04 Å². The van der Waals surface area contributed by atoms with E-state index >= 15 is 0 Å². The lowest BCUT2D eigenvalue weighted by Gasteiger charge is -2.16. The molecular formula is C10H15N. The minimum Gasteiger partial charge on any atom is -0.324 e. The molecule has 0 saturated carbocycles. The van der Waals surface area contributed by atoms with Gasteiger partial charge in [0, 0.05) is 6.04 Å². The van der Waals surface area contributed by atoms with E-state index in [4.69, 9.17) is 5.73 Å². The van der Waals surface area contributed by atoms with Crippen molar-refractivity contribution in [3.05, 3.63) is 35.5 Å². The summed E-state index contributed by atoms with van der Waals surface area (Å²) in [5.41, 5.74) is 9.40. The standard InChI is InChI=1S/C10H15N/c1-7(2)10-5-4-9(11)6-8(10)3/h5-6,9H,1,4,11H2,2-3H3. The lowest BCUT2D eigenvalue weighted by molar-refractivity contribution is 0.809. The van der Waals surface area contributed by atoms with Gasteiger partial charge in [-0.15, -0.1) is 0 Å². The van der Waals surface area contributed by atoms with Crippen molar-refractivity contribution in [2.24, 2.45) is 5.73 Å². The van der Waals surface area contributed by atoms with Gasteiger partial charge < -0.3 is 5.73 Å². The molecule has 11 heavy (non-hydrogen) atoms. The Labute approximate surface area is 68.3 Å². The minimum absolute atomic E-state index is 0.207. The molecule has 2 N–H and O–H groups in total. The van der Waals surface area contributed by atoms with Gasteiger partial charge >= 0.3 is 0 Å². The number of hydrogen-bond donors (Lipinski definition) is 1. The second-order valence-corrected chi connectivity index (χ2v) is 3.15. The Morgan fingerprint density at radius 2 is 2.36 bits per heavy atom. The maximum atomic E-state index is 5.74. The van der Waals surface area contributed by atoms with Crippen molar-refractivity contribution in [1.82, 2.24) is 0 Å². The summed E-state index contributed by atoms with van der Waals surface area (Å²) in [7, 11) is 0. The van der Waals surface area contributed by atoms with Gasteiger partial charge in [0.1, 0.15) is 0 Å². The lowest BCUT2D eigenvalue weighted by atomic mass is 9.92. The maximum absolute atomic E-state index is 5.74. The molecule has 1 aliphatic rings. The van der Waals surface area contributed by atoms with E-state index in [2.05, 4.69) is 25.7 Å². The summed E-state index contributed by atoms with van der Waals surface area (Å²) >= 11 is 0. The van der Waals surface area contributed by atoms with Gasteiger partial charge in [0.05, 0.1) is 0 Å². The molecule has 0 bridgehead atoms. The second-order valence-electron chi connectivity index (χ2n) is 3.15. The van der Waals surface area contributed by atoms with Crippen LogP contribution in [0.3, 0.4) is 0 Å². The third kappa shape index (κ3) is 1.81. The third-order valence-corrected chi connectivity index (χ3v) is 1.94. The van der Waals surface area contributed by atoms with Crippen LogP contribution in [0.1, 0.15) is 20.3 Å². The van der Waals surface area contributed by atoms with Crippen molar-refractivity contribution in [3.63, 3.8) is 0 Å². The highest BCUT2D eigenvalue weighted by Gasteiger charge is 2.08. The molecule has 0 aromatic carbocycles. The first-order valence-corrected chi connectivity index (χ1v) is 3.91. The van der Waals surface area contributed by atoms with Gasteiger partial charge in [-0.2, -0.15) is 0 Å². The molecule has 1 nitrogen and oxygen atoms in total. The molecule has 1 rings (SSSR count). The van der Waals surface area contributed by atoms with Crippen molar-refractivity contribution < 1.29 is 0 Å². The molecule has 0 aromatic rings. The van der Waals surface area contributed by atoms with Crippen molar-refractivity contribution in [2.45, 2.75) is 26.3 Å². The van der Waals surface area contributed by atoms with E-state index in [1.807, 2.05) is 6.92 Å². The van der Waals surface area contributed by atoms with E-state index in [1.165, 1.54) is 11.1 Å².